The third-order valence-electron chi connectivity index (χ3n) is 2.13. The normalized spacial score (nSPS) is 13.1. The number of rotatable bonds is 4. The number of nitrogen functional groups attached to an aromatic ring is 1. The highest BCUT2D eigenvalue weighted by atomic mass is 32.2. The molecule has 0 aliphatic rings. The topological polar surface area (TPSA) is 98.5 Å². The largest absolute Gasteiger partial charge is 0.468 e. The summed E-state index contributed by atoms with van der Waals surface area (Å²) in [5, 5.41) is 0. The van der Waals surface area contributed by atoms with E-state index in [-0.39, 0.29) is 5.69 Å². The highest BCUT2D eigenvalue weighted by molar-refractivity contribution is 7.89. The van der Waals surface area contributed by atoms with Crippen molar-refractivity contribution >= 4 is 21.7 Å². The molecule has 6 nitrogen and oxygen atoms in total. The van der Waals surface area contributed by atoms with Crippen molar-refractivity contribution in [3.05, 3.63) is 24.0 Å². The van der Waals surface area contributed by atoms with Gasteiger partial charge in [-0.25, -0.2) is 12.8 Å². The van der Waals surface area contributed by atoms with Crippen molar-refractivity contribution in [3.8, 4) is 0 Å². The van der Waals surface area contributed by atoms with Gasteiger partial charge in [-0.15, -0.1) is 0 Å². The number of ether oxygens (including phenoxy) is 1. The van der Waals surface area contributed by atoms with Crippen molar-refractivity contribution in [2.45, 2.75) is 17.9 Å². The van der Waals surface area contributed by atoms with E-state index in [2.05, 4.69) is 4.74 Å². The molecule has 1 atom stereocenters. The van der Waals surface area contributed by atoms with E-state index in [4.69, 9.17) is 5.73 Å². The van der Waals surface area contributed by atoms with Gasteiger partial charge in [0.2, 0.25) is 10.0 Å². The number of esters is 1. The Morgan fingerprint density at radius 3 is 2.61 bits per heavy atom. The van der Waals surface area contributed by atoms with Gasteiger partial charge in [0.15, 0.2) is 0 Å². The van der Waals surface area contributed by atoms with Crippen LogP contribution in [0.2, 0.25) is 0 Å². The molecule has 0 radical (unpaired) electrons. The van der Waals surface area contributed by atoms with E-state index in [0.29, 0.717) is 0 Å². The monoisotopic (exact) mass is 276 g/mol. The quantitative estimate of drug-likeness (QED) is 0.606. The van der Waals surface area contributed by atoms with Gasteiger partial charge in [-0.05, 0) is 25.1 Å². The van der Waals surface area contributed by atoms with Gasteiger partial charge >= 0.3 is 5.97 Å². The average molecular weight is 276 g/mol. The third kappa shape index (κ3) is 3.17. The molecule has 0 saturated heterocycles. The summed E-state index contributed by atoms with van der Waals surface area (Å²) < 4.78 is 43.4. The van der Waals surface area contributed by atoms with Gasteiger partial charge in [0.05, 0.1) is 7.11 Å². The van der Waals surface area contributed by atoms with Crippen LogP contribution in [0.15, 0.2) is 23.1 Å². The fourth-order valence-corrected chi connectivity index (χ4v) is 2.51. The Morgan fingerprint density at radius 1 is 1.50 bits per heavy atom. The van der Waals surface area contributed by atoms with Crippen LogP contribution in [0, 0.1) is 5.82 Å². The number of hydrogen-bond donors (Lipinski definition) is 2. The number of carbonyl (C=O) groups excluding carboxylic acids is 1. The fraction of sp³-hybridized carbons (Fsp3) is 0.300. The Hall–Kier alpha value is -1.67. The number of benzene rings is 1. The SMILES string of the molecule is COC(=O)C(C)NS(=O)(=O)c1ccc(N)cc1F. The molecule has 100 valence electrons. The maximum Gasteiger partial charge on any atom is 0.323 e. The first-order chi connectivity index (χ1) is 8.27. The van der Waals surface area contributed by atoms with Crippen molar-refractivity contribution in [3.63, 3.8) is 0 Å². The van der Waals surface area contributed by atoms with E-state index in [1.807, 2.05) is 4.72 Å². The molecule has 0 fully saturated rings. The van der Waals surface area contributed by atoms with E-state index in [9.17, 15) is 17.6 Å². The minimum Gasteiger partial charge on any atom is -0.468 e. The van der Waals surface area contributed by atoms with Crippen molar-refractivity contribution < 1.29 is 22.3 Å². The van der Waals surface area contributed by atoms with Gasteiger partial charge in [-0.1, -0.05) is 0 Å². The summed E-state index contributed by atoms with van der Waals surface area (Å²) >= 11 is 0. The second kappa shape index (κ2) is 5.32. The maximum absolute atomic E-state index is 13.5. The number of anilines is 1. The van der Waals surface area contributed by atoms with Gasteiger partial charge in [-0.3, -0.25) is 4.79 Å². The maximum atomic E-state index is 13.5. The van der Waals surface area contributed by atoms with Crippen molar-refractivity contribution in [2.24, 2.45) is 0 Å². The van der Waals surface area contributed by atoms with Gasteiger partial charge in [0, 0.05) is 5.69 Å². The number of carbonyl (C=O) groups is 1. The average Bonchev–Trinajstić information content (AvgIpc) is 2.26. The Kier molecular flexibility index (Phi) is 4.25. The second-order valence-electron chi connectivity index (χ2n) is 3.56. The number of methoxy groups -OCH3 is 1. The Bertz CT molecular complexity index is 559. The zero-order valence-electron chi connectivity index (χ0n) is 9.81. The number of nitrogens with one attached hydrogen (secondary N) is 1. The fourth-order valence-electron chi connectivity index (χ4n) is 1.26. The first-order valence-electron chi connectivity index (χ1n) is 4.93. The van der Waals surface area contributed by atoms with Crippen LogP contribution in [0.3, 0.4) is 0 Å². The molecule has 0 bridgehead atoms. The van der Waals surface area contributed by atoms with Crippen LogP contribution in [-0.4, -0.2) is 27.5 Å². The zero-order chi connectivity index (χ0) is 13.9. The lowest BCUT2D eigenvalue weighted by Gasteiger charge is -2.12. The first kappa shape index (κ1) is 14.4. The number of halogens is 1. The van der Waals surface area contributed by atoms with E-state index in [0.717, 1.165) is 19.2 Å². The lowest BCUT2D eigenvalue weighted by Crippen LogP contribution is -2.39. The smallest absolute Gasteiger partial charge is 0.323 e. The summed E-state index contributed by atoms with van der Waals surface area (Å²) in [5.41, 5.74) is 5.42. The molecule has 1 unspecified atom stereocenters. The van der Waals surface area contributed by atoms with Crippen LogP contribution in [-0.2, 0) is 19.6 Å². The Balaban J connectivity index is 3.04. The zero-order valence-corrected chi connectivity index (χ0v) is 10.6. The summed E-state index contributed by atoms with van der Waals surface area (Å²) in [6.07, 6.45) is 0. The molecule has 1 aromatic carbocycles. The molecule has 0 aliphatic heterocycles. The van der Waals surface area contributed by atoms with E-state index >= 15 is 0 Å². The minimum atomic E-state index is -4.14. The van der Waals surface area contributed by atoms with E-state index in [1.54, 1.807) is 0 Å². The van der Waals surface area contributed by atoms with E-state index in [1.165, 1.54) is 13.0 Å². The highest BCUT2D eigenvalue weighted by Crippen LogP contribution is 2.17. The summed E-state index contributed by atoms with van der Waals surface area (Å²) in [4.78, 5) is 10.5. The van der Waals surface area contributed by atoms with Gasteiger partial charge in [-0.2, -0.15) is 4.72 Å². The van der Waals surface area contributed by atoms with Crippen LogP contribution < -0.4 is 10.5 Å². The number of nitrogens with two attached hydrogens (primary N) is 1. The summed E-state index contributed by atoms with van der Waals surface area (Å²) in [5.74, 6) is -1.76. The van der Waals surface area contributed by atoms with Crippen LogP contribution in [0.1, 0.15) is 6.92 Å². The molecular formula is C10H13FN2O4S. The molecule has 0 heterocycles. The minimum absolute atomic E-state index is 0.104. The summed E-state index contributed by atoms with van der Waals surface area (Å²) in [7, 11) is -3.02. The molecule has 0 spiro atoms. The van der Waals surface area contributed by atoms with Crippen LogP contribution in [0.4, 0.5) is 10.1 Å². The molecule has 0 amide bonds. The second-order valence-corrected chi connectivity index (χ2v) is 5.24. The predicted octanol–water partition coefficient (Wildman–Crippen LogP) is 0.248. The van der Waals surface area contributed by atoms with Crippen molar-refractivity contribution in [1.29, 1.82) is 0 Å². The molecule has 0 aromatic heterocycles. The number of sulfonamides is 1. The molecule has 0 saturated carbocycles. The summed E-state index contributed by atoms with van der Waals surface area (Å²) in [6, 6.07) is 2.05. The van der Waals surface area contributed by atoms with Gasteiger partial charge in [0.1, 0.15) is 16.8 Å². The first-order valence-corrected chi connectivity index (χ1v) is 6.41. The predicted molar refractivity (Wildman–Crippen MR) is 62.6 cm³/mol. The highest BCUT2D eigenvalue weighted by Gasteiger charge is 2.25. The Labute approximate surface area is 104 Å². The lowest BCUT2D eigenvalue weighted by atomic mass is 10.3. The number of hydrogen-bond acceptors (Lipinski definition) is 5. The van der Waals surface area contributed by atoms with Crippen molar-refractivity contribution in [1.82, 2.24) is 4.72 Å². The Morgan fingerprint density at radius 2 is 2.11 bits per heavy atom. The molecule has 18 heavy (non-hydrogen) atoms. The van der Waals surface area contributed by atoms with Crippen LogP contribution in [0.5, 0.6) is 0 Å². The lowest BCUT2D eigenvalue weighted by molar-refractivity contribution is -0.142. The molecule has 0 aliphatic carbocycles. The third-order valence-corrected chi connectivity index (χ3v) is 3.71. The van der Waals surface area contributed by atoms with Gasteiger partial charge in [0.25, 0.3) is 0 Å². The van der Waals surface area contributed by atoms with Crippen LogP contribution in [0.25, 0.3) is 0 Å². The standard InChI is InChI=1S/C10H13FN2O4S/c1-6(10(14)17-2)13-18(15,16)9-4-3-7(12)5-8(9)11/h3-6,13H,12H2,1-2H3. The van der Waals surface area contributed by atoms with E-state index < -0.39 is 32.7 Å². The molecule has 1 aromatic rings. The molecule has 1 rings (SSSR count). The molecule has 3 N–H and O–H groups in total. The van der Waals surface area contributed by atoms with Crippen LogP contribution >= 0.6 is 0 Å². The molecule has 8 heteroatoms. The van der Waals surface area contributed by atoms with Gasteiger partial charge < -0.3 is 10.5 Å². The summed E-state index contributed by atoms with van der Waals surface area (Å²) in [6.45, 7) is 1.29. The molecular weight excluding hydrogens is 263 g/mol. The van der Waals surface area contributed by atoms with Crippen molar-refractivity contribution in [2.75, 3.05) is 12.8 Å².